The van der Waals surface area contributed by atoms with Gasteiger partial charge in [0.25, 0.3) is 0 Å². The molecular weight excluding hydrogens is 484 g/mol. The van der Waals surface area contributed by atoms with E-state index in [-0.39, 0.29) is 17.8 Å². The van der Waals surface area contributed by atoms with Gasteiger partial charge in [0, 0.05) is 24.0 Å². The average Bonchev–Trinajstić information content (AvgIpc) is 3.60. The van der Waals surface area contributed by atoms with Crippen molar-refractivity contribution in [2.24, 2.45) is 0 Å². The third kappa shape index (κ3) is 5.76. The van der Waals surface area contributed by atoms with E-state index in [1.165, 1.54) is 30.2 Å². The third-order valence-electron chi connectivity index (χ3n) is 5.97. The van der Waals surface area contributed by atoms with Crippen LogP contribution in [0.3, 0.4) is 0 Å². The molecule has 0 radical (unpaired) electrons. The van der Waals surface area contributed by atoms with Gasteiger partial charge in [0.15, 0.2) is 5.16 Å². The molecule has 1 atom stereocenters. The fraction of sp³-hybridized carbons (Fsp3) is 0.440. The molecule has 10 heteroatoms. The van der Waals surface area contributed by atoms with Crippen LogP contribution < -0.4 is 5.32 Å². The Labute approximate surface area is 213 Å². The lowest BCUT2D eigenvalue weighted by Crippen LogP contribution is -2.19. The molecule has 1 amide bonds. The van der Waals surface area contributed by atoms with Crippen molar-refractivity contribution in [3.8, 4) is 11.1 Å². The molecule has 35 heavy (non-hydrogen) atoms. The molecule has 1 saturated heterocycles. The van der Waals surface area contributed by atoms with Gasteiger partial charge in [0.05, 0.1) is 25.5 Å². The highest BCUT2D eigenvalue weighted by atomic mass is 32.2. The van der Waals surface area contributed by atoms with Gasteiger partial charge >= 0.3 is 5.97 Å². The molecule has 186 valence electrons. The van der Waals surface area contributed by atoms with E-state index in [9.17, 15) is 9.59 Å². The number of thioether (sulfide) groups is 1. The molecule has 2 aromatic heterocycles. The Morgan fingerprint density at radius 3 is 2.83 bits per heavy atom. The Morgan fingerprint density at radius 2 is 2.11 bits per heavy atom. The molecule has 1 aliphatic heterocycles. The molecule has 0 saturated carbocycles. The summed E-state index contributed by atoms with van der Waals surface area (Å²) in [7, 11) is 1.35. The summed E-state index contributed by atoms with van der Waals surface area (Å²) in [6.07, 6.45) is 2.99. The highest BCUT2D eigenvalue weighted by Gasteiger charge is 2.24. The van der Waals surface area contributed by atoms with Crippen LogP contribution in [0.25, 0.3) is 11.1 Å². The minimum atomic E-state index is -0.478. The van der Waals surface area contributed by atoms with Gasteiger partial charge in [0.1, 0.15) is 16.4 Å². The van der Waals surface area contributed by atoms with E-state index in [2.05, 4.69) is 20.1 Å². The first-order valence-electron chi connectivity index (χ1n) is 11.6. The number of nitrogens with zero attached hydrogens (tertiary/aromatic N) is 3. The maximum atomic E-state index is 12.9. The molecule has 3 heterocycles. The number of aryl methyl sites for hydroxylation is 3. The number of aromatic nitrogens is 3. The first kappa shape index (κ1) is 25.4. The van der Waals surface area contributed by atoms with Crippen LogP contribution in [-0.2, 0) is 27.2 Å². The number of methoxy groups -OCH3 is 1. The second-order valence-electron chi connectivity index (χ2n) is 8.50. The number of nitrogens with one attached hydrogen (secondary N) is 1. The highest BCUT2D eigenvalue weighted by Crippen LogP contribution is 2.38. The Bertz CT molecular complexity index is 1210. The van der Waals surface area contributed by atoms with Crippen LogP contribution in [0.2, 0.25) is 0 Å². The summed E-state index contributed by atoms with van der Waals surface area (Å²) < 4.78 is 12.9. The molecule has 1 aromatic carbocycles. The molecule has 8 nitrogen and oxygen atoms in total. The topological polar surface area (TPSA) is 95.3 Å². The van der Waals surface area contributed by atoms with Crippen LogP contribution in [0.1, 0.15) is 47.1 Å². The van der Waals surface area contributed by atoms with Crippen molar-refractivity contribution in [3.05, 3.63) is 46.1 Å². The Morgan fingerprint density at radius 1 is 1.29 bits per heavy atom. The van der Waals surface area contributed by atoms with Crippen LogP contribution in [0, 0.1) is 13.8 Å². The Kier molecular flexibility index (Phi) is 8.25. The van der Waals surface area contributed by atoms with Crippen molar-refractivity contribution >= 4 is 40.0 Å². The molecule has 1 N–H and O–H groups in total. The van der Waals surface area contributed by atoms with Crippen LogP contribution in [0.4, 0.5) is 5.00 Å². The van der Waals surface area contributed by atoms with Gasteiger partial charge in [-0.05, 0) is 37.8 Å². The second kappa shape index (κ2) is 11.4. The lowest BCUT2D eigenvalue weighted by atomic mass is 9.97. The highest BCUT2D eigenvalue weighted by molar-refractivity contribution is 7.99. The molecule has 4 rings (SSSR count). The number of hydrogen-bond acceptors (Lipinski definition) is 8. The van der Waals surface area contributed by atoms with Gasteiger partial charge in [0.2, 0.25) is 5.91 Å². The number of anilines is 1. The molecule has 0 aliphatic carbocycles. The minimum Gasteiger partial charge on any atom is -0.465 e. The van der Waals surface area contributed by atoms with E-state index in [1.54, 1.807) is 0 Å². The number of ether oxygens (including phenoxy) is 2. The zero-order valence-electron chi connectivity index (χ0n) is 20.4. The minimum absolute atomic E-state index is 0.144. The lowest BCUT2D eigenvalue weighted by Gasteiger charge is -2.14. The monoisotopic (exact) mass is 514 g/mol. The number of amides is 1. The maximum absolute atomic E-state index is 12.9. The summed E-state index contributed by atoms with van der Waals surface area (Å²) >= 11 is 2.65. The van der Waals surface area contributed by atoms with E-state index >= 15 is 0 Å². The molecule has 0 spiro atoms. The van der Waals surface area contributed by atoms with Crippen molar-refractivity contribution in [1.29, 1.82) is 0 Å². The summed E-state index contributed by atoms with van der Waals surface area (Å²) in [5.74, 6) is 0.325. The van der Waals surface area contributed by atoms with Gasteiger partial charge in [-0.25, -0.2) is 4.79 Å². The van der Waals surface area contributed by atoms with Crippen LogP contribution >= 0.6 is 23.1 Å². The van der Waals surface area contributed by atoms with Gasteiger partial charge in [-0.15, -0.1) is 21.5 Å². The fourth-order valence-corrected chi connectivity index (χ4v) is 5.87. The van der Waals surface area contributed by atoms with E-state index < -0.39 is 5.97 Å². The van der Waals surface area contributed by atoms with Crippen molar-refractivity contribution in [2.45, 2.75) is 57.8 Å². The number of hydrogen-bond donors (Lipinski definition) is 1. The third-order valence-corrected chi connectivity index (χ3v) is 7.83. The van der Waals surface area contributed by atoms with Crippen molar-refractivity contribution < 1.29 is 19.1 Å². The summed E-state index contributed by atoms with van der Waals surface area (Å²) in [4.78, 5) is 25.6. The first-order valence-corrected chi connectivity index (χ1v) is 13.5. The van der Waals surface area contributed by atoms with Crippen molar-refractivity contribution in [3.63, 3.8) is 0 Å². The number of rotatable bonds is 9. The Balaban J connectivity index is 1.50. The number of esters is 1. The van der Waals surface area contributed by atoms with Crippen LogP contribution in [-0.4, -0.2) is 52.2 Å². The predicted molar refractivity (Wildman–Crippen MR) is 138 cm³/mol. The summed E-state index contributed by atoms with van der Waals surface area (Å²) in [5.41, 5.74) is 4.22. The number of carbonyl (C=O) groups excluding carboxylic acids is 2. The number of benzene rings is 1. The molecule has 1 aliphatic rings. The first-order chi connectivity index (χ1) is 16.9. The largest absolute Gasteiger partial charge is 0.465 e. The molecule has 3 aromatic rings. The molecule has 1 unspecified atom stereocenters. The second-order valence-corrected chi connectivity index (χ2v) is 10.3. The molecular formula is C25H30N4O4S2. The lowest BCUT2D eigenvalue weighted by molar-refractivity contribution is -0.113. The molecule has 1 fully saturated rings. The predicted octanol–water partition coefficient (Wildman–Crippen LogP) is 4.88. The van der Waals surface area contributed by atoms with Gasteiger partial charge in [-0.1, -0.05) is 42.4 Å². The van der Waals surface area contributed by atoms with E-state index in [0.29, 0.717) is 22.3 Å². The van der Waals surface area contributed by atoms with Crippen LogP contribution in [0.5, 0.6) is 0 Å². The van der Waals surface area contributed by atoms with Crippen molar-refractivity contribution in [1.82, 2.24) is 14.8 Å². The summed E-state index contributed by atoms with van der Waals surface area (Å²) in [5, 5.41) is 14.6. The molecule has 0 bridgehead atoms. The Hall–Kier alpha value is -2.69. The fourth-order valence-electron chi connectivity index (χ4n) is 4.13. The summed E-state index contributed by atoms with van der Waals surface area (Å²) in [6.45, 7) is 7.52. The van der Waals surface area contributed by atoms with E-state index in [4.69, 9.17) is 9.47 Å². The van der Waals surface area contributed by atoms with E-state index in [1.807, 2.05) is 44.4 Å². The van der Waals surface area contributed by atoms with Gasteiger partial charge in [-0.3, -0.25) is 4.79 Å². The summed E-state index contributed by atoms with van der Waals surface area (Å²) in [6, 6.07) is 6.09. The zero-order valence-corrected chi connectivity index (χ0v) is 22.1. The number of carbonyl (C=O) groups is 2. The quantitative estimate of drug-likeness (QED) is 0.321. The van der Waals surface area contributed by atoms with Gasteiger partial charge < -0.3 is 19.4 Å². The standard InChI is InChI=1S/C25H30N4O4S2/c1-5-20-27-28-25(29(20)12-17-7-6-10-33-17)35-14-21(30)26-23-22(24(31)32-4)19(13-34-23)18-11-15(2)8-9-16(18)3/h8-9,11,13,17H,5-7,10,12,14H2,1-4H3,(H,26,30). The average molecular weight is 515 g/mol. The van der Waals surface area contributed by atoms with Crippen LogP contribution in [0.15, 0.2) is 28.7 Å². The zero-order chi connectivity index (χ0) is 24.9. The maximum Gasteiger partial charge on any atom is 0.341 e. The smallest absolute Gasteiger partial charge is 0.341 e. The number of thiophene rings is 1. The SMILES string of the molecule is CCc1nnc(SCC(=O)Nc2scc(-c3cc(C)ccc3C)c2C(=O)OC)n1CC1CCCO1. The van der Waals surface area contributed by atoms with Crippen molar-refractivity contribution in [2.75, 3.05) is 24.8 Å². The van der Waals surface area contributed by atoms with Gasteiger partial charge in [-0.2, -0.15) is 0 Å². The van der Waals surface area contributed by atoms with E-state index in [0.717, 1.165) is 53.9 Å². The normalized spacial score (nSPS) is 15.4.